The third-order valence-corrected chi connectivity index (χ3v) is 5.63. The van der Waals surface area contributed by atoms with Gasteiger partial charge in [-0.15, -0.1) is 0 Å². The second-order valence-electron chi connectivity index (χ2n) is 6.17. The van der Waals surface area contributed by atoms with Gasteiger partial charge in [-0.2, -0.15) is 0 Å². The fourth-order valence-corrected chi connectivity index (χ4v) is 4.30. The monoisotopic (exact) mass is 352 g/mol. The number of aryl methyl sites for hydroxylation is 1. The first-order valence-corrected chi connectivity index (χ1v) is 9.46. The standard InChI is InChI=1S/C17H21FN2O3S/c1-13-7-8-16(23-13)12-20-9-3-5-15(11-20)19-24(21,22)17-6-2-4-14(18)10-17/h2,4,6-8,10,15,19H,3,5,9,11-12H2,1H3. The second-order valence-corrected chi connectivity index (χ2v) is 7.88. The fourth-order valence-electron chi connectivity index (χ4n) is 3.01. The molecule has 0 spiro atoms. The Kier molecular flexibility index (Phi) is 5.03. The Morgan fingerprint density at radius 3 is 2.88 bits per heavy atom. The number of nitrogens with zero attached hydrogens (tertiary/aromatic N) is 1. The summed E-state index contributed by atoms with van der Waals surface area (Å²) in [5.74, 6) is 1.18. The molecule has 2 aromatic rings. The third-order valence-electron chi connectivity index (χ3n) is 4.11. The predicted octanol–water partition coefficient (Wildman–Crippen LogP) is 2.67. The molecule has 0 radical (unpaired) electrons. The summed E-state index contributed by atoms with van der Waals surface area (Å²) in [6.45, 7) is 4.06. The van der Waals surface area contributed by atoms with Crippen molar-refractivity contribution in [3.05, 3.63) is 53.7 Å². The van der Waals surface area contributed by atoms with E-state index in [-0.39, 0.29) is 10.9 Å². The molecule has 5 nitrogen and oxygen atoms in total. The van der Waals surface area contributed by atoms with Crippen LogP contribution in [0.25, 0.3) is 0 Å². The van der Waals surface area contributed by atoms with Crippen molar-refractivity contribution in [2.45, 2.75) is 37.2 Å². The van der Waals surface area contributed by atoms with Crippen molar-refractivity contribution in [1.82, 2.24) is 9.62 Å². The largest absolute Gasteiger partial charge is 0.465 e. The van der Waals surface area contributed by atoms with Crippen LogP contribution in [0.3, 0.4) is 0 Å². The average molecular weight is 352 g/mol. The molecule has 0 aliphatic carbocycles. The predicted molar refractivity (Wildman–Crippen MR) is 88.5 cm³/mol. The Labute approximate surface area is 141 Å². The van der Waals surface area contributed by atoms with Gasteiger partial charge in [-0.25, -0.2) is 17.5 Å². The normalized spacial score (nSPS) is 19.5. The molecule has 1 N–H and O–H groups in total. The van der Waals surface area contributed by atoms with Crippen molar-refractivity contribution in [2.75, 3.05) is 13.1 Å². The number of benzene rings is 1. The van der Waals surface area contributed by atoms with Crippen molar-refractivity contribution in [1.29, 1.82) is 0 Å². The van der Waals surface area contributed by atoms with E-state index in [1.807, 2.05) is 19.1 Å². The molecule has 0 amide bonds. The van der Waals surface area contributed by atoms with Gasteiger partial charge in [0.1, 0.15) is 17.3 Å². The highest BCUT2D eigenvalue weighted by Crippen LogP contribution is 2.18. The molecule has 7 heteroatoms. The Bertz CT molecular complexity index is 804. The van der Waals surface area contributed by atoms with Crippen LogP contribution in [0.2, 0.25) is 0 Å². The van der Waals surface area contributed by atoms with Crippen LogP contribution in [0.15, 0.2) is 45.7 Å². The quantitative estimate of drug-likeness (QED) is 0.899. The molecule has 130 valence electrons. The molecule has 24 heavy (non-hydrogen) atoms. The summed E-state index contributed by atoms with van der Waals surface area (Å²) in [5.41, 5.74) is 0. The molecule has 1 aliphatic heterocycles. The van der Waals surface area contributed by atoms with E-state index < -0.39 is 15.8 Å². The zero-order valence-corrected chi connectivity index (χ0v) is 14.4. The lowest BCUT2D eigenvalue weighted by Crippen LogP contribution is -2.47. The van der Waals surface area contributed by atoms with Crippen molar-refractivity contribution < 1.29 is 17.2 Å². The van der Waals surface area contributed by atoms with Gasteiger partial charge in [-0.05, 0) is 56.6 Å². The summed E-state index contributed by atoms with van der Waals surface area (Å²) in [4.78, 5) is 2.13. The van der Waals surface area contributed by atoms with Crippen LogP contribution in [0.5, 0.6) is 0 Å². The van der Waals surface area contributed by atoms with Crippen LogP contribution < -0.4 is 4.72 Å². The highest BCUT2D eigenvalue weighted by Gasteiger charge is 2.26. The van der Waals surface area contributed by atoms with Gasteiger partial charge in [-0.1, -0.05) is 6.07 Å². The fraction of sp³-hybridized carbons (Fsp3) is 0.412. The minimum absolute atomic E-state index is 0.0405. The molecule has 1 atom stereocenters. The lowest BCUT2D eigenvalue weighted by molar-refractivity contribution is 0.181. The number of furan rings is 1. The number of rotatable bonds is 5. The van der Waals surface area contributed by atoms with Crippen LogP contribution in [0.1, 0.15) is 24.4 Å². The summed E-state index contributed by atoms with van der Waals surface area (Å²) in [6.07, 6.45) is 1.66. The van der Waals surface area contributed by atoms with E-state index in [1.54, 1.807) is 0 Å². The first-order valence-electron chi connectivity index (χ1n) is 7.98. The summed E-state index contributed by atoms with van der Waals surface area (Å²) in [5, 5.41) is 0. The summed E-state index contributed by atoms with van der Waals surface area (Å²) >= 11 is 0. The molecule has 1 saturated heterocycles. The highest BCUT2D eigenvalue weighted by atomic mass is 32.2. The van der Waals surface area contributed by atoms with Gasteiger partial charge in [0.05, 0.1) is 11.4 Å². The van der Waals surface area contributed by atoms with Gasteiger partial charge in [0, 0.05) is 12.6 Å². The number of sulfonamides is 1. The molecule has 3 rings (SSSR count). The maximum absolute atomic E-state index is 13.3. The Morgan fingerprint density at radius 2 is 2.17 bits per heavy atom. The summed E-state index contributed by atoms with van der Waals surface area (Å²) in [7, 11) is -3.71. The molecule has 0 bridgehead atoms. The summed E-state index contributed by atoms with van der Waals surface area (Å²) < 4.78 is 46.4. The molecule has 1 fully saturated rings. The molecular weight excluding hydrogens is 331 g/mol. The average Bonchev–Trinajstić information content (AvgIpc) is 2.92. The zero-order valence-electron chi connectivity index (χ0n) is 13.5. The first kappa shape index (κ1) is 17.1. The van der Waals surface area contributed by atoms with Gasteiger partial charge >= 0.3 is 0 Å². The number of hydrogen-bond donors (Lipinski definition) is 1. The molecule has 1 unspecified atom stereocenters. The first-order chi connectivity index (χ1) is 11.4. The van der Waals surface area contributed by atoms with E-state index in [9.17, 15) is 12.8 Å². The topological polar surface area (TPSA) is 62.6 Å². The number of hydrogen-bond acceptors (Lipinski definition) is 4. The molecule has 2 heterocycles. The van der Waals surface area contributed by atoms with E-state index in [4.69, 9.17) is 4.42 Å². The number of likely N-dealkylation sites (tertiary alicyclic amines) is 1. The SMILES string of the molecule is Cc1ccc(CN2CCCC(NS(=O)(=O)c3cccc(F)c3)C2)o1. The van der Waals surface area contributed by atoms with Crippen LogP contribution in [0, 0.1) is 12.7 Å². The molecule has 1 aliphatic rings. The number of nitrogens with one attached hydrogen (secondary N) is 1. The van der Waals surface area contributed by atoms with E-state index in [1.165, 1.54) is 18.2 Å². The molecule has 1 aromatic carbocycles. The van der Waals surface area contributed by atoms with Crippen molar-refractivity contribution in [3.63, 3.8) is 0 Å². The second kappa shape index (κ2) is 7.04. The Balaban J connectivity index is 1.64. The van der Waals surface area contributed by atoms with Crippen molar-refractivity contribution in [3.8, 4) is 0 Å². The highest BCUT2D eigenvalue weighted by molar-refractivity contribution is 7.89. The minimum atomic E-state index is -3.71. The maximum atomic E-state index is 13.3. The smallest absolute Gasteiger partial charge is 0.240 e. The lowest BCUT2D eigenvalue weighted by atomic mass is 10.1. The van der Waals surface area contributed by atoms with Crippen molar-refractivity contribution >= 4 is 10.0 Å². The van der Waals surface area contributed by atoms with Gasteiger partial charge < -0.3 is 4.42 Å². The maximum Gasteiger partial charge on any atom is 0.240 e. The van der Waals surface area contributed by atoms with E-state index in [2.05, 4.69) is 9.62 Å². The molecular formula is C17H21FN2O3S. The van der Waals surface area contributed by atoms with E-state index in [0.29, 0.717) is 13.1 Å². The number of halogens is 1. The van der Waals surface area contributed by atoms with Crippen molar-refractivity contribution in [2.24, 2.45) is 0 Å². The van der Waals surface area contributed by atoms with Crippen LogP contribution in [-0.2, 0) is 16.6 Å². The molecule has 1 aromatic heterocycles. The van der Waals surface area contributed by atoms with Gasteiger partial charge in [0.25, 0.3) is 0 Å². The summed E-state index contributed by atoms with van der Waals surface area (Å²) in [6, 6.07) is 8.73. The van der Waals surface area contributed by atoms with E-state index in [0.717, 1.165) is 37.0 Å². The zero-order chi connectivity index (χ0) is 17.2. The van der Waals surface area contributed by atoms with Gasteiger partial charge in [0.2, 0.25) is 10.0 Å². The molecule has 0 saturated carbocycles. The minimum Gasteiger partial charge on any atom is -0.465 e. The Hall–Kier alpha value is -1.70. The van der Waals surface area contributed by atoms with Crippen LogP contribution in [0.4, 0.5) is 4.39 Å². The number of piperidine rings is 1. The van der Waals surface area contributed by atoms with Gasteiger partial charge in [-0.3, -0.25) is 4.90 Å². The van der Waals surface area contributed by atoms with Crippen LogP contribution in [-0.4, -0.2) is 32.4 Å². The van der Waals surface area contributed by atoms with E-state index >= 15 is 0 Å². The lowest BCUT2D eigenvalue weighted by Gasteiger charge is -2.32. The Morgan fingerprint density at radius 1 is 1.33 bits per heavy atom. The van der Waals surface area contributed by atoms with Crippen LogP contribution >= 0.6 is 0 Å². The van der Waals surface area contributed by atoms with Gasteiger partial charge in [0.15, 0.2) is 0 Å². The third kappa shape index (κ3) is 4.23.